The number of nitrogens with two attached hydrogens (primary N) is 1. The van der Waals surface area contributed by atoms with Crippen molar-refractivity contribution < 1.29 is 14.3 Å². The molecular weight excluding hydrogens is 198 g/mol. The number of benzene rings is 1. The van der Waals surface area contributed by atoms with Gasteiger partial charge in [0.1, 0.15) is 16.9 Å². The van der Waals surface area contributed by atoms with Crippen LogP contribution >= 0.6 is 0 Å². The zero-order chi connectivity index (χ0) is 11.0. The molecule has 15 heavy (non-hydrogen) atoms. The smallest absolute Gasteiger partial charge is 0.349 e. The van der Waals surface area contributed by atoms with E-state index in [1.807, 2.05) is 0 Å². The summed E-state index contributed by atoms with van der Waals surface area (Å²) in [6.45, 7) is 0. The first-order valence-corrected chi connectivity index (χ1v) is 4.14. The molecule has 2 rings (SSSR count). The maximum atomic E-state index is 11.2. The average molecular weight is 205 g/mol. The van der Waals surface area contributed by atoms with Crippen LogP contribution in [0.15, 0.2) is 33.5 Å². The van der Waals surface area contributed by atoms with Gasteiger partial charge in [-0.1, -0.05) is 0 Å². The highest BCUT2D eigenvalue weighted by Crippen LogP contribution is 2.18. The molecule has 1 amide bonds. The van der Waals surface area contributed by atoms with Crippen LogP contribution in [0.5, 0.6) is 5.75 Å². The van der Waals surface area contributed by atoms with Crippen molar-refractivity contribution in [3.63, 3.8) is 0 Å². The molecule has 0 fully saturated rings. The standard InChI is InChI=1S/C10H7NO4/c11-9(13)7-3-5-1-2-6(12)4-8(5)15-10(7)14/h1-4,12H,(H2,11,13). The van der Waals surface area contributed by atoms with Crippen LogP contribution in [0.25, 0.3) is 11.0 Å². The van der Waals surface area contributed by atoms with Crippen molar-refractivity contribution in [1.82, 2.24) is 0 Å². The van der Waals surface area contributed by atoms with Gasteiger partial charge in [-0.2, -0.15) is 0 Å². The molecule has 0 radical (unpaired) electrons. The first-order valence-electron chi connectivity index (χ1n) is 4.14. The minimum absolute atomic E-state index is 0.0162. The van der Waals surface area contributed by atoms with Crippen molar-refractivity contribution >= 4 is 16.9 Å². The van der Waals surface area contributed by atoms with E-state index in [2.05, 4.69) is 0 Å². The quantitative estimate of drug-likeness (QED) is 0.666. The number of carbonyl (C=O) groups excluding carboxylic acids is 1. The Hall–Kier alpha value is -2.30. The van der Waals surface area contributed by atoms with Crippen molar-refractivity contribution in [2.75, 3.05) is 0 Å². The van der Waals surface area contributed by atoms with Crippen LogP contribution in [0.4, 0.5) is 0 Å². The maximum absolute atomic E-state index is 11.2. The molecule has 0 unspecified atom stereocenters. The molecule has 0 aliphatic heterocycles. The van der Waals surface area contributed by atoms with E-state index in [-0.39, 0.29) is 16.9 Å². The van der Waals surface area contributed by atoms with E-state index in [0.717, 1.165) is 0 Å². The third-order valence-electron chi connectivity index (χ3n) is 1.99. The molecule has 5 nitrogen and oxygen atoms in total. The summed E-state index contributed by atoms with van der Waals surface area (Å²) in [4.78, 5) is 22.1. The van der Waals surface area contributed by atoms with Crippen LogP contribution in [0.2, 0.25) is 0 Å². The summed E-state index contributed by atoms with van der Waals surface area (Å²) in [6.07, 6.45) is 0. The first-order chi connectivity index (χ1) is 7.08. The number of hydrogen-bond acceptors (Lipinski definition) is 4. The number of hydrogen-bond donors (Lipinski definition) is 2. The lowest BCUT2D eigenvalue weighted by Crippen LogP contribution is -2.20. The fourth-order valence-corrected chi connectivity index (χ4v) is 1.27. The lowest BCUT2D eigenvalue weighted by Gasteiger charge is -1.99. The van der Waals surface area contributed by atoms with Crippen LogP contribution in [0.1, 0.15) is 10.4 Å². The van der Waals surface area contributed by atoms with Crippen molar-refractivity contribution in [3.05, 3.63) is 40.2 Å². The third kappa shape index (κ3) is 1.54. The fourth-order valence-electron chi connectivity index (χ4n) is 1.27. The van der Waals surface area contributed by atoms with E-state index in [9.17, 15) is 9.59 Å². The number of amides is 1. The molecule has 0 aliphatic rings. The van der Waals surface area contributed by atoms with Crippen LogP contribution in [0, 0.1) is 0 Å². The maximum Gasteiger partial charge on any atom is 0.349 e. The van der Waals surface area contributed by atoms with Gasteiger partial charge in [0.25, 0.3) is 5.91 Å². The van der Waals surface area contributed by atoms with Gasteiger partial charge in [-0.25, -0.2) is 4.79 Å². The molecule has 0 saturated carbocycles. The van der Waals surface area contributed by atoms with Gasteiger partial charge in [0.05, 0.1) is 0 Å². The second-order valence-corrected chi connectivity index (χ2v) is 3.03. The van der Waals surface area contributed by atoms with Gasteiger partial charge in [-0.05, 0) is 18.2 Å². The molecule has 76 valence electrons. The monoisotopic (exact) mass is 205 g/mol. The first kappa shape index (κ1) is 9.26. The highest BCUT2D eigenvalue weighted by atomic mass is 16.4. The van der Waals surface area contributed by atoms with E-state index >= 15 is 0 Å². The normalized spacial score (nSPS) is 10.4. The lowest BCUT2D eigenvalue weighted by atomic mass is 10.2. The number of aromatic hydroxyl groups is 1. The van der Waals surface area contributed by atoms with E-state index in [0.29, 0.717) is 5.39 Å². The Morgan fingerprint density at radius 1 is 1.33 bits per heavy atom. The van der Waals surface area contributed by atoms with Gasteiger partial charge in [-0.3, -0.25) is 4.79 Å². The van der Waals surface area contributed by atoms with Crippen LogP contribution in [-0.4, -0.2) is 11.0 Å². The number of carbonyl (C=O) groups is 1. The predicted octanol–water partition coefficient (Wildman–Crippen LogP) is 0.597. The van der Waals surface area contributed by atoms with Gasteiger partial charge in [0, 0.05) is 11.5 Å². The molecule has 5 heteroatoms. The van der Waals surface area contributed by atoms with Gasteiger partial charge in [0.2, 0.25) is 0 Å². The number of phenols is 1. The Morgan fingerprint density at radius 2 is 2.07 bits per heavy atom. The summed E-state index contributed by atoms with van der Waals surface area (Å²) in [7, 11) is 0. The van der Waals surface area contributed by atoms with E-state index in [1.54, 1.807) is 0 Å². The largest absolute Gasteiger partial charge is 0.508 e. The third-order valence-corrected chi connectivity index (χ3v) is 1.99. The van der Waals surface area contributed by atoms with Crippen LogP contribution in [0.3, 0.4) is 0 Å². The summed E-state index contributed by atoms with van der Waals surface area (Å²) in [5.41, 5.74) is 4.19. The zero-order valence-corrected chi connectivity index (χ0v) is 7.56. The van der Waals surface area contributed by atoms with Crippen LogP contribution < -0.4 is 11.4 Å². The molecule has 0 aliphatic carbocycles. The minimum atomic E-state index is -0.835. The SMILES string of the molecule is NC(=O)c1cc2ccc(O)cc2oc1=O. The fraction of sp³-hybridized carbons (Fsp3) is 0. The number of fused-ring (bicyclic) bond motifs is 1. The highest BCUT2D eigenvalue weighted by molar-refractivity contribution is 5.95. The summed E-state index contributed by atoms with van der Waals surface area (Å²) in [5, 5.41) is 9.67. The van der Waals surface area contributed by atoms with Crippen molar-refractivity contribution in [3.8, 4) is 5.75 Å². The molecule has 1 aromatic heterocycles. The molecule has 2 aromatic rings. The molecular formula is C10H7NO4. The number of phenolic OH excluding ortho intramolecular Hbond substituents is 1. The molecule has 3 N–H and O–H groups in total. The van der Waals surface area contributed by atoms with E-state index in [1.165, 1.54) is 24.3 Å². The summed E-state index contributed by atoms with van der Waals surface area (Å²) >= 11 is 0. The Morgan fingerprint density at radius 3 is 2.73 bits per heavy atom. The molecule has 1 aromatic carbocycles. The van der Waals surface area contributed by atoms with Gasteiger partial charge in [0.15, 0.2) is 0 Å². The number of rotatable bonds is 1. The highest BCUT2D eigenvalue weighted by Gasteiger charge is 2.10. The Labute approximate surface area is 83.7 Å². The summed E-state index contributed by atoms with van der Waals surface area (Å²) in [6, 6.07) is 5.58. The average Bonchev–Trinajstić information content (AvgIpc) is 2.15. The van der Waals surface area contributed by atoms with Gasteiger partial charge < -0.3 is 15.3 Å². The Balaban J connectivity index is 2.82. The predicted molar refractivity (Wildman–Crippen MR) is 52.7 cm³/mol. The number of primary amides is 1. The van der Waals surface area contributed by atoms with Gasteiger partial charge in [-0.15, -0.1) is 0 Å². The molecule has 0 atom stereocenters. The minimum Gasteiger partial charge on any atom is -0.508 e. The Kier molecular flexibility index (Phi) is 1.93. The van der Waals surface area contributed by atoms with E-state index < -0.39 is 11.5 Å². The van der Waals surface area contributed by atoms with Crippen molar-refractivity contribution in [2.24, 2.45) is 5.73 Å². The summed E-state index contributed by atoms with van der Waals surface area (Å²) < 4.78 is 4.82. The summed E-state index contributed by atoms with van der Waals surface area (Å²) in [5.74, 6) is -0.851. The second kappa shape index (κ2) is 3.13. The lowest BCUT2D eigenvalue weighted by molar-refractivity contribution is 0.0997. The molecule has 0 saturated heterocycles. The topological polar surface area (TPSA) is 93.5 Å². The van der Waals surface area contributed by atoms with Gasteiger partial charge >= 0.3 is 5.63 Å². The molecule has 1 heterocycles. The van der Waals surface area contributed by atoms with Crippen molar-refractivity contribution in [2.45, 2.75) is 0 Å². The van der Waals surface area contributed by atoms with Crippen molar-refractivity contribution in [1.29, 1.82) is 0 Å². The Bertz CT molecular complexity index is 600. The molecule has 0 bridgehead atoms. The zero-order valence-electron chi connectivity index (χ0n) is 7.56. The van der Waals surface area contributed by atoms with Crippen LogP contribution in [-0.2, 0) is 0 Å². The second-order valence-electron chi connectivity index (χ2n) is 3.03. The molecule has 0 spiro atoms. The van der Waals surface area contributed by atoms with E-state index in [4.69, 9.17) is 15.3 Å².